The molecule has 1 unspecified atom stereocenters. The third kappa shape index (κ3) is 3.04. The molecule has 0 bridgehead atoms. The van der Waals surface area contributed by atoms with E-state index in [9.17, 15) is 15.0 Å². The molecular formula is C17H25NO4. The van der Waals surface area contributed by atoms with Crippen molar-refractivity contribution in [3.63, 3.8) is 0 Å². The van der Waals surface area contributed by atoms with E-state index in [1.807, 2.05) is 0 Å². The van der Waals surface area contributed by atoms with E-state index in [0.717, 1.165) is 12.0 Å². The van der Waals surface area contributed by atoms with Crippen LogP contribution in [-0.2, 0) is 10.2 Å². The Labute approximate surface area is 131 Å². The molecule has 1 amide bonds. The number of hydrogen-bond acceptors (Lipinski definition) is 4. The van der Waals surface area contributed by atoms with Crippen LogP contribution in [0.2, 0.25) is 0 Å². The predicted octanol–water partition coefficient (Wildman–Crippen LogP) is 3.40. The van der Waals surface area contributed by atoms with Gasteiger partial charge in [0.2, 0.25) is 0 Å². The van der Waals surface area contributed by atoms with Gasteiger partial charge in [0.25, 0.3) is 0 Å². The smallest absolute Gasteiger partial charge is 0.412 e. The maximum Gasteiger partial charge on any atom is 0.412 e. The first-order valence-corrected chi connectivity index (χ1v) is 7.45. The molecule has 1 aliphatic rings. The number of nitrogens with one attached hydrogen (secondary N) is 1. The summed E-state index contributed by atoms with van der Waals surface area (Å²) in [6.45, 7) is 9.55. The zero-order valence-corrected chi connectivity index (χ0v) is 13.9. The quantitative estimate of drug-likeness (QED) is 0.748. The van der Waals surface area contributed by atoms with Crippen LogP contribution in [-0.4, -0.2) is 28.5 Å². The van der Waals surface area contributed by atoms with E-state index in [1.54, 1.807) is 32.9 Å². The summed E-state index contributed by atoms with van der Waals surface area (Å²) in [6.07, 6.45) is 0.251. The first-order chi connectivity index (χ1) is 10.0. The predicted molar refractivity (Wildman–Crippen MR) is 85.1 cm³/mol. The summed E-state index contributed by atoms with van der Waals surface area (Å²) in [5, 5.41) is 22.3. The molecule has 1 aromatic rings. The molecule has 0 saturated heterocycles. The van der Waals surface area contributed by atoms with Crippen molar-refractivity contribution < 1.29 is 19.7 Å². The first-order valence-electron chi connectivity index (χ1n) is 7.45. The molecule has 1 atom stereocenters. The Morgan fingerprint density at radius 3 is 2.41 bits per heavy atom. The van der Waals surface area contributed by atoms with E-state index in [1.165, 1.54) is 6.07 Å². The van der Waals surface area contributed by atoms with Crippen LogP contribution in [0.1, 0.15) is 46.6 Å². The van der Waals surface area contributed by atoms with Crippen LogP contribution in [0.15, 0.2) is 18.2 Å². The SMILES string of the molecule is CC(C)(C)OC(=O)Nc1cc(C2(CO)CC2(C)C)ccc1O. The number of carbonyl (C=O) groups is 1. The number of anilines is 1. The summed E-state index contributed by atoms with van der Waals surface area (Å²) >= 11 is 0. The number of aromatic hydroxyl groups is 1. The molecule has 122 valence electrons. The van der Waals surface area contributed by atoms with Gasteiger partial charge in [-0.25, -0.2) is 4.79 Å². The van der Waals surface area contributed by atoms with Crippen molar-refractivity contribution >= 4 is 11.8 Å². The Balaban J connectivity index is 2.24. The maximum atomic E-state index is 11.9. The third-order valence-electron chi connectivity index (χ3n) is 4.37. The van der Waals surface area contributed by atoms with Gasteiger partial charge in [-0.3, -0.25) is 5.32 Å². The fraction of sp³-hybridized carbons (Fsp3) is 0.588. The van der Waals surface area contributed by atoms with Crippen LogP contribution in [0.5, 0.6) is 5.75 Å². The van der Waals surface area contributed by atoms with E-state index < -0.39 is 11.7 Å². The van der Waals surface area contributed by atoms with Crippen molar-refractivity contribution in [1.29, 1.82) is 0 Å². The molecule has 0 radical (unpaired) electrons. The zero-order valence-electron chi connectivity index (χ0n) is 13.9. The molecule has 5 nitrogen and oxygen atoms in total. The van der Waals surface area contributed by atoms with Gasteiger partial charge in [0.05, 0.1) is 12.3 Å². The Morgan fingerprint density at radius 1 is 1.36 bits per heavy atom. The molecule has 5 heteroatoms. The molecule has 0 aliphatic heterocycles. The van der Waals surface area contributed by atoms with Crippen molar-refractivity contribution in [2.75, 3.05) is 11.9 Å². The fourth-order valence-corrected chi connectivity index (χ4v) is 2.91. The van der Waals surface area contributed by atoms with Gasteiger partial charge in [0.1, 0.15) is 11.4 Å². The van der Waals surface area contributed by atoms with E-state index in [-0.39, 0.29) is 23.2 Å². The van der Waals surface area contributed by atoms with Gasteiger partial charge in [-0.2, -0.15) is 0 Å². The second-order valence-electron chi connectivity index (χ2n) is 7.66. The van der Waals surface area contributed by atoms with Crippen molar-refractivity contribution in [3.8, 4) is 5.75 Å². The highest BCUT2D eigenvalue weighted by molar-refractivity contribution is 5.87. The van der Waals surface area contributed by atoms with Crippen LogP contribution in [0.25, 0.3) is 0 Å². The minimum Gasteiger partial charge on any atom is -0.506 e. The molecule has 22 heavy (non-hydrogen) atoms. The lowest BCUT2D eigenvalue weighted by Crippen LogP contribution is -2.27. The van der Waals surface area contributed by atoms with Gasteiger partial charge in [-0.15, -0.1) is 0 Å². The van der Waals surface area contributed by atoms with Crippen LogP contribution < -0.4 is 5.32 Å². The topological polar surface area (TPSA) is 78.8 Å². The number of aliphatic hydroxyl groups excluding tert-OH is 1. The monoisotopic (exact) mass is 307 g/mol. The number of carbonyl (C=O) groups excluding carboxylic acids is 1. The summed E-state index contributed by atoms with van der Waals surface area (Å²) < 4.78 is 5.19. The summed E-state index contributed by atoms with van der Waals surface area (Å²) in [7, 11) is 0. The summed E-state index contributed by atoms with van der Waals surface area (Å²) in [5.41, 5.74) is 0.279. The fourth-order valence-electron chi connectivity index (χ4n) is 2.91. The van der Waals surface area contributed by atoms with Crippen molar-refractivity contribution in [2.45, 2.75) is 52.1 Å². The lowest BCUT2D eigenvalue weighted by atomic mass is 9.88. The second-order valence-corrected chi connectivity index (χ2v) is 7.66. The number of amides is 1. The maximum absolute atomic E-state index is 11.9. The molecule has 1 aliphatic carbocycles. The summed E-state index contributed by atoms with van der Waals surface area (Å²) in [5.74, 6) is -0.0267. The van der Waals surface area contributed by atoms with E-state index in [0.29, 0.717) is 5.69 Å². The van der Waals surface area contributed by atoms with Gasteiger partial charge in [-0.05, 0) is 50.3 Å². The summed E-state index contributed by atoms with van der Waals surface area (Å²) in [6, 6.07) is 5.04. The van der Waals surface area contributed by atoms with E-state index >= 15 is 0 Å². The number of phenols is 1. The third-order valence-corrected chi connectivity index (χ3v) is 4.37. The largest absolute Gasteiger partial charge is 0.506 e. The van der Waals surface area contributed by atoms with Crippen LogP contribution in [0.3, 0.4) is 0 Å². The Morgan fingerprint density at radius 2 is 1.95 bits per heavy atom. The molecule has 3 N–H and O–H groups in total. The standard InChI is InChI=1S/C17H25NO4/c1-15(2,3)22-14(21)18-12-8-11(6-7-13(12)20)17(10-19)9-16(17,4)5/h6-8,19-20H,9-10H2,1-5H3,(H,18,21). The number of hydrogen-bond donors (Lipinski definition) is 3. The van der Waals surface area contributed by atoms with Crippen molar-refractivity contribution in [2.24, 2.45) is 5.41 Å². The highest BCUT2D eigenvalue weighted by Crippen LogP contribution is 2.64. The lowest BCUT2D eigenvalue weighted by Gasteiger charge is -2.22. The lowest BCUT2D eigenvalue weighted by molar-refractivity contribution is 0.0635. The Hall–Kier alpha value is -1.75. The highest BCUT2D eigenvalue weighted by Gasteiger charge is 2.61. The molecule has 2 rings (SSSR count). The molecule has 0 spiro atoms. The molecule has 1 aromatic carbocycles. The number of ether oxygens (including phenoxy) is 1. The van der Waals surface area contributed by atoms with Gasteiger partial charge < -0.3 is 14.9 Å². The number of rotatable bonds is 3. The Kier molecular flexibility index (Phi) is 3.90. The number of phenolic OH excluding ortho intramolecular Hbond substituents is 1. The zero-order chi connectivity index (χ0) is 16.8. The van der Waals surface area contributed by atoms with Crippen LogP contribution in [0.4, 0.5) is 10.5 Å². The first kappa shape index (κ1) is 16.6. The summed E-state index contributed by atoms with van der Waals surface area (Å²) in [4.78, 5) is 11.9. The Bertz CT molecular complexity index is 589. The van der Waals surface area contributed by atoms with Crippen LogP contribution >= 0.6 is 0 Å². The number of benzene rings is 1. The molecule has 1 fully saturated rings. The molecular weight excluding hydrogens is 282 g/mol. The van der Waals surface area contributed by atoms with E-state index in [4.69, 9.17) is 4.74 Å². The highest BCUT2D eigenvalue weighted by atomic mass is 16.6. The van der Waals surface area contributed by atoms with E-state index in [2.05, 4.69) is 19.2 Å². The van der Waals surface area contributed by atoms with Gasteiger partial charge in [-0.1, -0.05) is 19.9 Å². The molecule has 0 heterocycles. The van der Waals surface area contributed by atoms with Crippen LogP contribution in [0, 0.1) is 5.41 Å². The second kappa shape index (κ2) is 5.16. The van der Waals surface area contributed by atoms with Crippen molar-refractivity contribution in [3.05, 3.63) is 23.8 Å². The van der Waals surface area contributed by atoms with Gasteiger partial charge >= 0.3 is 6.09 Å². The minimum atomic E-state index is -0.618. The normalized spacial score (nSPS) is 23.0. The average molecular weight is 307 g/mol. The average Bonchev–Trinajstić information content (AvgIpc) is 2.93. The minimum absolute atomic E-state index is 0.00190. The molecule has 0 aromatic heterocycles. The molecule has 1 saturated carbocycles. The van der Waals surface area contributed by atoms with Crippen molar-refractivity contribution in [1.82, 2.24) is 0 Å². The van der Waals surface area contributed by atoms with Gasteiger partial charge in [0.15, 0.2) is 0 Å². The van der Waals surface area contributed by atoms with Gasteiger partial charge in [0, 0.05) is 5.41 Å². The number of aliphatic hydroxyl groups is 1.